The lowest BCUT2D eigenvalue weighted by Gasteiger charge is -2.36. The molecule has 1 N–H and O–H groups in total. The van der Waals surface area contributed by atoms with Crippen LogP contribution < -0.4 is 5.32 Å². The molecule has 3 amide bonds. The van der Waals surface area contributed by atoms with E-state index in [0.29, 0.717) is 12.5 Å². The number of carbonyl (C=O) groups is 2. The fourth-order valence-corrected chi connectivity index (χ4v) is 4.11. The lowest BCUT2D eigenvalue weighted by atomic mass is 9.87. The maximum atomic E-state index is 13.0. The van der Waals surface area contributed by atoms with Gasteiger partial charge in [0.05, 0.1) is 6.04 Å². The average Bonchev–Trinajstić information content (AvgIpc) is 3.38. The van der Waals surface area contributed by atoms with Crippen molar-refractivity contribution in [2.45, 2.75) is 56.7 Å². The van der Waals surface area contributed by atoms with Crippen LogP contribution in [0.2, 0.25) is 0 Å². The summed E-state index contributed by atoms with van der Waals surface area (Å²) in [7, 11) is 1.80. The molecule has 1 saturated heterocycles. The molecule has 0 spiro atoms. The van der Waals surface area contributed by atoms with Crippen molar-refractivity contribution in [1.82, 2.24) is 15.1 Å². The van der Waals surface area contributed by atoms with Crippen LogP contribution in [0.3, 0.4) is 0 Å². The number of hydrogen-bond acceptors (Lipinski definition) is 2. The van der Waals surface area contributed by atoms with Gasteiger partial charge in [0.25, 0.3) is 0 Å². The van der Waals surface area contributed by atoms with Crippen molar-refractivity contribution in [3.05, 3.63) is 35.4 Å². The Morgan fingerprint density at radius 1 is 1.21 bits per heavy atom. The van der Waals surface area contributed by atoms with Crippen LogP contribution in [0.25, 0.3) is 0 Å². The van der Waals surface area contributed by atoms with Crippen LogP contribution in [0, 0.1) is 0 Å². The molecule has 0 bridgehead atoms. The predicted molar refractivity (Wildman–Crippen MR) is 91.6 cm³/mol. The second kappa shape index (κ2) is 6.11. The highest BCUT2D eigenvalue weighted by Gasteiger charge is 2.41. The highest BCUT2D eigenvalue weighted by Crippen LogP contribution is 2.40. The molecular formula is C19H25N3O2. The van der Waals surface area contributed by atoms with E-state index in [1.807, 2.05) is 4.90 Å². The summed E-state index contributed by atoms with van der Waals surface area (Å²) in [6.07, 6.45) is 6.08. The first-order valence-electron chi connectivity index (χ1n) is 9.07. The summed E-state index contributed by atoms with van der Waals surface area (Å²) < 4.78 is 0. The van der Waals surface area contributed by atoms with E-state index >= 15 is 0 Å². The van der Waals surface area contributed by atoms with E-state index in [1.165, 1.54) is 11.1 Å². The summed E-state index contributed by atoms with van der Waals surface area (Å²) in [4.78, 5) is 28.8. The number of rotatable bonds is 3. The van der Waals surface area contributed by atoms with Crippen LogP contribution >= 0.6 is 0 Å². The fraction of sp³-hybridized carbons (Fsp3) is 0.579. The Labute approximate surface area is 143 Å². The van der Waals surface area contributed by atoms with Crippen molar-refractivity contribution in [3.63, 3.8) is 0 Å². The molecule has 1 aliphatic heterocycles. The Balaban J connectivity index is 1.55. The third-order valence-corrected chi connectivity index (χ3v) is 5.57. The molecule has 0 radical (unpaired) electrons. The maximum Gasteiger partial charge on any atom is 0.318 e. The first kappa shape index (κ1) is 15.5. The Morgan fingerprint density at radius 3 is 2.71 bits per heavy atom. The third kappa shape index (κ3) is 2.76. The van der Waals surface area contributed by atoms with Crippen molar-refractivity contribution in [2.24, 2.45) is 0 Å². The highest BCUT2D eigenvalue weighted by molar-refractivity contribution is 5.88. The van der Waals surface area contributed by atoms with Gasteiger partial charge in [0, 0.05) is 19.6 Å². The van der Waals surface area contributed by atoms with E-state index in [0.717, 1.165) is 38.6 Å². The van der Waals surface area contributed by atoms with Crippen LogP contribution in [0.15, 0.2) is 24.3 Å². The first-order chi connectivity index (χ1) is 11.6. The summed E-state index contributed by atoms with van der Waals surface area (Å²) in [5.74, 6) is 0.0307. The Hall–Kier alpha value is -2.04. The number of hydrogen-bond donors (Lipinski definition) is 1. The molecule has 2 fully saturated rings. The minimum absolute atomic E-state index is 0.0307. The minimum Gasteiger partial charge on any atom is -0.344 e. The zero-order chi connectivity index (χ0) is 16.7. The Kier molecular flexibility index (Phi) is 3.94. The summed E-state index contributed by atoms with van der Waals surface area (Å²) >= 11 is 0. The lowest BCUT2D eigenvalue weighted by Crippen LogP contribution is -2.50. The largest absolute Gasteiger partial charge is 0.344 e. The molecule has 3 aliphatic rings. The standard InChI is InChI=1S/C19H25N3O2/c1-21-12-11-16(18(21)23)20-19(24)22(14-9-10-14)17-8-4-6-13-5-2-3-7-15(13)17/h2-3,5,7,14,16-17H,4,6,8-12H2,1H3,(H,20,24)/t16-,17+/m1/s1. The van der Waals surface area contributed by atoms with Crippen LogP contribution in [-0.4, -0.2) is 47.4 Å². The zero-order valence-electron chi connectivity index (χ0n) is 14.2. The monoisotopic (exact) mass is 327 g/mol. The SMILES string of the molecule is CN1CC[C@@H](NC(=O)N(C2CC2)[C@H]2CCCc3ccccc32)C1=O. The van der Waals surface area contributed by atoms with Gasteiger partial charge in [-0.05, 0) is 49.7 Å². The summed E-state index contributed by atoms with van der Waals surface area (Å²) in [5, 5.41) is 3.00. The molecule has 5 nitrogen and oxygen atoms in total. The van der Waals surface area contributed by atoms with E-state index < -0.39 is 0 Å². The van der Waals surface area contributed by atoms with E-state index in [-0.39, 0.29) is 24.0 Å². The van der Waals surface area contributed by atoms with Crippen molar-refractivity contribution in [2.75, 3.05) is 13.6 Å². The number of nitrogens with one attached hydrogen (secondary N) is 1. The van der Waals surface area contributed by atoms with E-state index in [1.54, 1.807) is 11.9 Å². The number of aryl methyl sites for hydroxylation is 1. The fourth-order valence-electron chi connectivity index (χ4n) is 4.11. The van der Waals surface area contributed by atoms with Crippen molar-refractivity contribution >= 4 is 11.9 Å². The number of carbonyl (C=O) groups excluding carboxylic acids is 2. The normalized spacial score (nSPS) is 26.2. The van der Waals surface area contributed by atoms with E-state index in [2.05, 4.69) is 29.6 Å². The molecule has 1 aromatic rings. The summed E-state index contributed by atoms with van der Waals surface area (Å²) in [5.41, 5.74) is 2.66. The van der Waals surface area contributed by atoms with Gasteiger partial charge in [-0.15, -0.1) is 0 Å². The van der Waals surface area contributed by atoms with Gasteiger partial charge in [0.2, 0.25) is 5.91 Å². The van der Waals surface area contributed by atoms with Crippen molar-refractivity contribution in [3.8, 4) is 0 Å². The maximum absolute atomic E-state index is 13.0. The van der Waals surface area contributed by atoms with Gasteiger partial charge in [-0.3, -0.25) is 4.79 Å². The molecule has 1 saturated carbocycles. The van der Waals surface area contributed by atoms with Gasteiger partial charge in [-0.2, -0.15) is 0 Å². The van der Waals surface area contributed by atoms with Gasteiger partial charge in [0.15, 0.2) is 0 Å². The van der Waals surface area contributed by atoms with E-state index in [9.17, 15) is 9.59 Å². The van der Waals surface area contributed by atoms with Gasteiger partial charge in [0.1, 0.15) is 6.04 Å². The van der Waals surface area contributed by atoms with Gasteiger partial charge < -0.3 is 15.1 Å². The lowest BCUT2D eigenvalue weighted by molar-refractivity contribution is -0.128. The topological polar surface area (TPSA) is 52.7 Å². The predicted octanol–water partition coefficient (Wildman–Crippen LogP) is 2.47. The Bertz CT molecular complexity index is 656. The number of benzene rings is 1. The molecular weight excluding hydrogens is 302 g/mol. The van der Waals surface area contributed by atoms with Gasteiger partial charge in [-0.1, -0.05) is 24.3 Å². The van der Waals surface area contributed by atoms with Crippen LogP contribution in [0.1, 0.15) is 49.3 Å². The number of fused-ring (bicyclic) bond motifs is 1. The molecule has 2 aliphatic carbocycles. The summed E-state index contributed by atoms with van der Waals surface area (Å²) in [6, 6.07) is 8.55. The number of likely N-dealkylation sites (N-methyl/N-ethyl adjacent to an activating group) is 1. The quantitative estimate of drug-likeness (QED) is 0.927. The number of urea groups is 1. The average molecular weight is 327 g/mol. The molecule has 4 rings (SSSR count). The van der Waals surface area contributed by atoms with Crippen LogP contribution in [0.5, 0.6) is 0 Å². The van der Waals surface area contributed by atoms with Crippen molar-refractivity contribution < 1.29 is 9.59 Å². The molecule has 2 atom stereocenters. The van der Waals surface area contributed by atoms with Crippen LogP contribution in [0.4, 0.5) is 4.79 Å². The Morgan fingerprint density at radius 2 is 2.00 bits per heavy atom. The second-order valence-electron chi connectivity index (χ2n) is 7.30. The highest BCUT2D eigenvalue weighted by atomic mass is 16.2. The second-order valence-corrected chi connectivity index (χ2v) is 7.30. The number of nitrogens with zero attached hydrogens (tertiary/aromatic N) is 2. The number of likely N-dealkylation sites (tertiary alicyclic amines) is 1. The molecule has 0 unspecified atom stereocenters. The molecule has 24 heavy (non-hydrogen) atoms. The molecule has 5 heteroatoms. The molecule has 128 valence electrons. The molecule has 1 aromatic carbocycles. The first-order valence-corrected chi connectivity index (χ1v) is 9.07. The van der Waals surface area contributed by atoms with Gasteiger partial charge in [-0.25, -0.2) is 4.79 Å². The van der Waals surface area contributed by atoms with Crippen LogP contribution in [-0.2, 0) is 11.2 Å². The third-order valence-electron chi connectivity index (χ3n) is 5.57. The zero-order valence-corrected chi connectivity index (χ0v) is 14.2. The van der Waals surface area contributed by atoms with E-state index in [4.69, 9.17) is 0 Å². The smallest absolute Gasteiger partial charge is 0.318 e. The molecule has 1 heterocycles. The number of amides is 3. The minimum atomic E-state index is -0.359. The molecule has 0 aromatic heterocycles. The van der Waals surface area contributed by atoms with Gasteiger partial charge >= 0.3 is 6.03 Å². The van der Waals surface area contributed by atoms with Crippen molar-refractivity contribution in [1.29, 1.82) is 0 Å². The summed E-state index contributed by atoms with van der Waals surface area (Å²) in [6.45, 7) is 0.722.